The molecule has 1 amide bonds. The van der Waals surface area contributed by atoms with Gasteiger partial charge in [-0.25, -0.2) is 4.79 Å². The minimum atomic E-state index is -1.09. The van der Waals surface area contributed by atoms with Crippen LogP contribution in [0.5, 0.6) is 5.75 Å². The Balaban J connectivity index is 2.22. The predicted molar refractivity (Wildman–Crippen MR) is 95.8 cm³/mol. The molecule has 2 unspecified atom stereocenters. The largest absolute Gasteiger partial charge is 0.497 e. The standard InChI is InChI=1S/C20H23NO4/c1-12-8-9-16(10-13(12)2)18(20(23)24)21-19(22)14(3)15-6-5-7-17(11-15)25-4/h5-11,14,18H,1-4H3,(H,21,22)(H,23,24). The van der Waals surface area contributed by atoms with E-state index in [1.54, 1.807) is 44.4 Å². The van der Waals surface area contributed by atoms with Crippen molar-refractivity contribution in [3.05, 3.63) is 64.7 Å². The third kappa shape index (κ3) is 4.38. The van der Waals surface area contributed by atoms with Gasteiger partial charge in [-0.3, -0.25) is 4.79 Å². The van der Waals surface area contributed by atoms with Crippen LogP contribution in [0.15, 0.2) is 42.5 Å². The molecule has 5 nitrogen and oxygen atoms in total. The van der Waals surface area contributed by atoms with E-state index >= 15 is 0 Å². The highest BCUT2D eigenvalue weighted by atomic mass is 16.5. The zero-order valence-corrected chi connectivity index (χ0v) is 14.9. The van der Waals surface area contributed by atoms with E-state index < -0.39 is 17.9 Å². The van der Waals surface area contributed by atoms with Crippen LogP contribution in [0, 0.1) is 13.8 Å². The molecule has 2 N–H and O–H groups in total. The maximum Gasteiger partial charge on any atom is 0.330 e. The molecule has 0 fully saturated rings. The van der Waals surface area contributed by atoms with Crippen LogP contribution in [-0.4, -0.2) is 24.1 Å². The fraction of sp³-hybridized carbons (Fsp3) is 0.300. The summed E-state index contributed by atoms with van der Waals surface area (Å²) in [6.45, 7) is 5.61. The molecule has 0 saturated heterocycles. The van der Waals surface area contributed by atoms with Crippen LogP contribution in [-0.2, 0) is 9.59 Å². The number of nitrogens with one attached hydrogen (secondary N) is 1. The van der Waals surface area contributed by atoms with Crippen LogP contribution >= 0.6 is 0 Å². The summed E-state index contributed by atoms with van der Waals surface area (Å²) >= 11 is 0. The van der Waals surface area contributed by atoms with E-state index in [2.05, 4.69) is 5.32 Å². The number of carboxylic acid groups (broad SMARTS) is 1. The van der Waals surface area contributed by atoms with E-state index in [4.69, 9.17) is 4.74 Å². The Morgan fingerprint density at radius 2 is 1.76 bits per heavy atom. The van der Waals surface area contributed by atoms with Crippen molar-refractivity contribution < 1.29 is 19.4 Å². The van der Waals surface area contributed by atoms with E-state index in [0.717, 1.165) is 16.7 Å². The number of amides is 1. The minimum Gasteiger partial charge on any atom is -0.497 e. The van der Waals surface area contributed by atoms with Gasteiger partial charge < -0.3 is 15.2 Å². The highest BCUT2D eigenvalue weighted by Crippen LogP contribution is 2.23. The van der Waals surface area contributed by atoms with Gasteiger partial charge in [0.2, 0.25) is 5.91 Å². The second-order valence-electron chi connectivity index (χ2n) is 6.12. The molecule has 0 aliphatic carbocycles. The van der Waals surface area contributed by atoms with E-state index in [-0.39, 0.29) is 5.91 Å². The van der Waals surface area contributed by atoms with Gasteiger partial charge in [0.05, 0.1) is 13.0 Å². The molecule has 25 heavy (non-hydrogen) atoms. The second-order valence-corrected chi connectivity index (χ2v) is 6.12. The number of hydrogen-bond acceptors (Lipinski definition) is 3. The van der Waals surface area contributed by atoms with Gasteiger partial charge in [-0.2, -0.15) is 0 Å². The zero-order chi connectivity index (χ0) is 18.6. The number of aliphatic carboxylic acids is 1. The lowest BCUT2D eigenvalue weighted by Gasteiger charge is -2.19. The zero-order valence-electron chi connectivity index (χ0n) is 14.9. The summed E-state index contributed by atoms with van der Waals surface area (Å²) in [5.41, 5.74) is 3.38. The van der Waals surface area contributed by atoms with Crippen LogP contribution in [0.1, 0.15) is 41.1 Å². The smallest absolute Gasteiger partial charge is 0.330 e. The molecule has 2 rings (SSSR count). The molecular formula is C20H23NO4. The van der Waals surface area contributed by atoms with Gasteiger partial charge in [-0.1, -0.05) is 30.3 Å². The van der Waals surface area contributed by atoms with Gasteiger partial charge in [0.1, 0.15) is 5.75 Å². The van der Waals surface area contributed by atoms with Crippen molar-refractivity contribution in [1.29, 1.82) is 0 Å². The van der Waals surface area contributed by atoms with Gasteiger partial charge in [0.15, 0.2) is 6.04 Å². The predicted octanol–water partition coefficient (Wildman–Crippen LogP) is 3.36. The average Bonchev–Trinajstić information content (AvgIpc) is 2.61. The number of rotatable bonds is 6. The van der Waals surface area contributed by atoms with Gasteiger partial charge in [-0.15, -0.1) is 0 Å². The van der Waals surface area contributed by atoms with Gasteiger partial charge in [-0.05, 0) is 55.2 Å². The lowest BCUT2D eigenvalue weighted by Crippen LogP contribution is -2.36. The van der Waals surface area contributed by atoms with E-state index in [1.807, 2.05) is 26.0 Å². The molecular weight excluding hydrogens is 318 g/mol. The summed E-state index contributed by atoms with van der Waals surface area (Å²) in [5.74, 6) is -1.28. The molecule has 0 radical (unpaired) electrons. The number of carboxylic acids is 1. The Kier molecular flexibility index (Phi) is 5.80. The molecule has 2 aromatic carbocycles. The van der Waals surface area contributed by atoms with Crippen LogP contribution in [0.25, 0.3) is 0 Å². The summed E-state index contributed by atoms with van der Waals surface area (Å²) in [7, 11) is 1.56. The van der Waals surface area contributed by atoms with Gasteiger partial charge >= 0.3 is 5.97 Å². The number of hydrogen-bond donors (Lipinski definition) is 2. The Morgan fingerprint density at radius 3 is 2.36 bits per heavy atom. The molecule has 0 aliphatic heterocycles. The van der Waals surface area contributed by atoms with Crippen molar-refractivity contribution >= 4 is 11.9 Å². The van der Waals surface area contributed by atoms with Gasteiger partial charge in [0, 0.05) is 0 Å². The SMILES string of the molecule is COc1cccc(C(C)C(=O)NC(C(=O)O)c2ccc(C)c(C)c2)c1. The topological polar surface area (TPSA) is 75.6 Å². The lowest BCUT2D eigenvalue weighted by molar-refractivity contribution is -0.142. The Morgan fingerprint density at radius 1 is 1.04 bits per heavy atom. The Hall–Kier alpha value is -2.82. The van der Waals surface area contributed by atoms with Crippen molar-refractivity contribution in [2.45, 2.75) is 32.7 Å². The minimum absolute atomic E-state index is 0.348. The summed E-state index contributed by atoms with van der Waals surface area (Å²) in [5, 5.41) is 12.2. The summed E-state index contributed by atoms with van der Waals surface area (Å²) in [4.78, 5) is 24.2. The molecule has 0 heterocycles. The average molecular weight is 341 g/mol. The van der Waals surface area contributed by atoms with Crippen molar-refractivity contribution in [2.24, 2.45) is 0 Å². The Labute approximate surface area is 147 Å². The van der Waals surface area contributed by atoms with E-state index in [9.17, 15) is 14.7 Å². The number of benzene rings is 2. The highest BCUT2D eigenvalue weighted by Gasteiger charge is 2.25. The van der Waals surface area contributed by atoms with Crippen molar-refractivity contribution in [3.63, 3.8) is 0 Å². The first kappa shape index (κ1) is 18.5. The van der Waals surface area contributed by atoms with Crippen LogP contribution in [0.4, 0.5) is 0 Å². The molecule has 0 aliphatic rings. The van der Waals surface area contributed by atoms with Crippen molar-refractivity contribution in [1.82, 2.24) is 5.32 Å². The highest BCUT2D eigenvalue weighted by molar-refractivity contribution is 5.88. The maximum atomic E-state index is 12.6. The van der Waals surface area contributed by atoms with Crippen molar-refractivity contribution in [2.75, 3.05) is 7.11 Å². The van der Waals surface area contributed by atoms with Crippen LogP contribution in [0.3, 0.4) is 0 Å². The number of carbonyl (C=O) groups excluding carboxylic acids is 1. The summed E-state index contributed by atoms with van der Waals surface area (Å²) in [6, 6.07) is 11.5. The van der Waals surface area contributed by atoms with E-state index in [0.29, 0.717) is 11.3 Å². The van der Waals surface area contributed by atoms with Crippen LogP contribution in [0.2, 0.25) is 0 Å². The number of aryl methyl sites for hydroxylation is 2. The van der Waals surface area contributed by atoms with Crippen LogP contribution < -0.4 is 10.1 Å². The maximum absolute atomic E-state index is 12.6. The normalized spacial score (nSPS) is 13.0. The molecule has 2 aromatic rings. The summed E-state index contributed by atoms with van der Waals surface area (Å²) < 4.78 is 5.17. The van der Waals surface area contributed by atoms with Crippen molar-refractivity contribution in [3.8, 4) is 5.75 Å². The van der Waals surface area contributed by atoms with Gasteiger partial charge in [0.25, 0.3) is 0 Å². The number of ether oxygens (including phenoxy) is 1. The Bertz CT molecular complexity index is 785. The number of carbonyl (C=O) groups is 2. The molecule has 2 atom stereocenters. The molecule has 0 aromatic heterocycles. The second kappa shape index (κ2) is 7.83. The lowest BCUT2D eigenvalue weighted by atomic mass is 9.97. The quantitative estimate of drug-likeness (QED) is 0.845. The van der Waals surface area contributed by atoms with E-state index in [1.165, 1.54) is 0 Å². The third-order valence-corrected chi connectivity index (χ3v) is 4.38. The molecule has 0 saturated carbocycles. The summed E-state index contributed by atoms with van der Waals surface area (Å²) in [6.07, 6.45) is 0. The number of methoxy groups -OCH3 is 1. The first-order valence-corrected chi connectivity index (χ1v) is 8.07. The first-order valence-electron chi connectivity index (χ1n) is 8.07. The molecule has 5 heteroatoms. The third-order valence-electron chi connectivity index (χ3n) is 4.38. The monoisotopic (exact) mass is 341 g/mol. The first-order chi connectivity index (χ1) is 11.8. The fourth-order valence-electron chi connectivity index (χ4n) is 2.56. The molecule has 132 valence electrons. The molecule has 0 spiro atoms. The molecule has 0 bridgehead atoms. The fourth-order valence-corrected chi connectivity index (χ4v) is 2.56.